The quantitative estimate of drug-likeness (QED) is 0.572. The van der Waals surface area contributed by atoms with E-state index < -0.39 is 0 Å². The Morgan fingerprint density at radius 3 is 2.59 bits per heavy atom. The summed E-state index contributed by atoms with van der Waals surface area (Å²) in [5.41, 5.74) is 0.756. The van der Waals surface area contributed by atoms with Gasteiger partial charge in [0.1, 0.15) is 0 Å². The largest absolute Gasteiger partial charge is 0.385 e. The second-order valence-corrected chi connectivity index (χ2v) is 4.93. The highest BCUT2D eigenvalue weighted by atomic mass is 79.9. The van der Waals surface area contributed by atoms with Gasteiger partial charge in [-0.15, -0.1) is 0 Å². The molecule has 0 atom stereocenters. The Hall–Kier alpha value is -0.710. The summed E-state index contributed by atoms with van der Waals surface area (Å²) in [4.78, 5) is 13.9. The fraction of sp³-hybridized carbons (Fsp3) is 0.462. The lowest BCUT2D eigenvalue weighted by molar-refractivity contribution is 0.0938. The van der Waals surface area contributed by atoms with Gasteiger partial charge in [-0.25, -0.2) is 0 Å². The number of ketones is 1. The zero-order valence-corrected chi connectivity index (χ0v) is 11.9. The molecular formula is C13H18BrNO2. The standard InChI is InChI=1S/C13H18BrNO2/c1-15(8-3-9-17-2)10-13(16)11-4-6-12(14)7-5-11/h4-7H,3,8-10H2,1-2H3. The van der Waals surface area contributed by atoms with Crippen molar-refractivity contribution in [3.05, 3.63) is 34.3 Å². The van der Waals surface area contributed by atoms with Gasteiger partial charge in [0, 0.05) is 30.3 Å². The lowest BCUT2D eigenvalue weighted by Crippen LogP contribution is -2.27. The van der Waals surface area contributed by atoms with Crippen molar-refractivity contribution in [2.75, 3.05) is 33.9 Å². The molecule has 0 amide bonds. The zero-order valence-electron chi connectivity index (χ0n) is 10.3. The highest BCUT2D eigenvalue weighted by molar-refractivity contribution is 9.10. The molecule has 0 fully saturated rings. The molecule has 0 N–H and O–H groups in total. The number of carbonyl (C=O) groups is 1. The van der Waals surface area contributed by atoms with Crippen molar-refractivity contribution in [2.45, 2.75) is 6.42 Å². The van der Waals surface area contributed by atoms with Gasteiger partial charge in [0.25, 0.3) is 0 Å². The normalized spacial score (nSPS) is 10.8. The second kappa shape index (κ2) is 7.58. The summed E-state index contributed by atoms with van der Waals surface area (Å²) in [5, 5.41) is 0. The Labute approximate surface area is 111 Å². The van der Waals surface area contributed by atoms with Crippen molar-refractivity contribution in [3.63, 3.8) is 0 Å². The Balaban J connectivity index is 2.40. The summed E-state index contributed by atoms with van der Waals surface area (Å²) in [6.07, 6.45) is 0.945. The number of benzene rings is 1. The van der Waals surface area contributed by atoms with Crippen LogP contribution < -0.4 is 0 Å². The smallest absolute Gasteiger partial charge is 0.176 e. The van der Waals surface area contributed by atoms with Crippen LogP contribution in [0, 0.1) is 0 Å². The number of rotatable bonds is 7. The molecule has 1 aromatic carbocycles. The minimum Gasteiger partial charge on any atom is -0.385 e. The number of methoxy groups -OCH3 is 1. The Kier molecular flexibility index (Phi) is 6.40. The molecule has 0 unspecified atom stereocenters. The Bertz CT molecular complexity index is 351. The molecule has 0 aliphatic rings. The van der Waals surface area contributed by atoms with Crippen LogP contribution in [0.25, 0.3) is 0 Å². The molecule has 0 aliphatic carbocycles. The summed E-state index contributed by atoms with van der Waals surface area (Å²) in [6.45, 7) is 2.05. The fourth-order valence-electron chi connectivity index (χ4n) is 1.53. The first-order valence-corrected chi connectivity index (χ1v) is 6.39. The molecule has 0 saturated carbocycles. The first kappa shape index (κ1) is 14.4. The molecule has 0 radical (unpaired) electrons. The second-order valence-electron chi connectivity index (χ2n) is 4.01. The SMILES string of the molecule is COCCCN(C)CC(=O)c1ccc(Br)cc1. The van der Waals surface area contributed by atoms with Crippen LogP contribution in [0.5, 0.6) is 0 Å². The van der Waals surface area contributed by atoms with Crippen LogP contribution in [0.2, 0.25) is 0 Å². The van der Waals surface area contributed by atoms with Gasteiger partial charge in [0.15, 0.2) is 5.78 Å². The van der Waals surface area contributed by atoms with Crippen molar-refractivity contribution in [2.24, 2.45) is 0 Å². The first-order chi connectivity index (χ1) is 8.13. The lowest BCUT2D eigenvalue weighted by atomic mass is 10.1. The van der Waals surface area contributed by atoms with Gasteiger partial charge in [0.05, 0.1) is 6.54 Å². The van der Waals surface area contributed by atoms with Crippen molar-refractivity contribution in [3.8, 4) is 0 Å². The highest BCUT2D eigenvalue weighted by Gasteiger charge is 2.08. The maximum Gasteiger partial charge on any atom is 0.176 e. The van der Waals surface area contributed by atoms with Gasteiger partial charge in [-0.2, -0.15) is 0 Å². The van der Waals surface area contributed by atoms with Gasteiger partial charge in [-0.05, 0) is 25.6 Å². The number of Topliss-reactive ketones (excluding diaryl/α,β-unsaturated/α-hetero) is 1. The lowest BCUT2D eigenvalue weighted by Gasteiger charge is -2.15. The van der Waals surface area contributed by atoms with Crippen molar-refractivity contribution in [1.82, 2.24) is 4.90 Å². The molecule has 0 heterocycles. The Morgan fingerprint density at radius 2 is 2.00 bits per heavy atom. The van der Waals surface area contributed by atoms with E-state index in [9.17, 15) is 4.79 Å². The molecule has 1 rings (SSSR count). The maximum atomic E-state index is 11.9. The molecule has 0 bridgehead atoms. The molecule has 94 valence electrons. The molecule has 0 saturated heterocycles. The third-order valence-corrected chi connectivity index (χ3v) is 3.00. The van der Waals surface area contributed by atoms with Crippen LogP contribution in [-0.4, -0.2) is 44.5 Å². The van der Waals surface area contributed by atoms with Gasteiger partial charge >= 0.3 is 0 Å². The van der Waals surface area contributed by atoms with E-state index in [0.29, 0.717) is 6.54 Å². The zero-order chi connectivity index (χ0) is 12.7. The number of likely N-dealkylation sites (N-methyl/N-ethyl adjacent to an activating group) is 1. The van der Waals surface area contributed by atoms with E-state index in [-0.39, 0.29) is 5.78 Å². The number of ether oxygens (including phenoxy) is 1. The summed E-state index contributed by atoms with van der Waals surface area (Å²) < 4.78 is 5.97. The monoisotopic (exact) mass is 299 g/mol. The predicted molar refractivity (Wildman–Crippen MR) is 72.5 cm³/mol. The minimum atomic E-state index is 0.150. The van der Waals surface area contributed by atoms with Crippen LogP contribution in [0.3, 0.4) is 0 Å². The third kappa shape index (κ3) is 5.44. The van der Waals surface area contributed by atoms with Crippen molar-refractivity contribution < 1.29 is 9.53 Å². The number of hydrogen-bond acceptors (Lipinski definition) is 3. The van der Waals surface area contributed by atoms with Gasteiger partial charge in [-0.1, -0.05) is 28.1 Å². The fourth-order valence-corrected chi connectivity index (χ4v) is 1.79. The topological polar surface area (TPSA) is 29.5 Å². The van der Waals surface area contributed by atoms with Crippen molar-refractivity contribution in [1.29, 1.82) is 0 Å². The molecule has 1 aromatic rings. The van der Waals surface area contributed by atoms with Crippen LogP contribution in [0.1, 0.15) is 16.8 Å². The van der Waals surface area contributed by atoms with E-state index in [1.165, 1.54) is 0 Å². The molecule has 0 spiro atoms. The molecule has 17 heavy (non-hydrogen) atoms. The van der Waals surface area contributed by atoms with Crippen LogP contribution >= 0.6 is 15.9 Å². The maximum absolute atomic E-state index is 11.9. The van der Waals surface area contributed by atoms with E-state index in [4.69, 9.17) is 4.74 Å². The number of halogens is 1. The number of hydrogen-bond donors (Lipinski definition) is 0. The Morgan fingerprint density at radius 1 is 1.35 bits per heavy atom. The minimum absolute atomic E-state index is 0.150. The summed E-state index contributed by atoms with van der Waals surface area (Å²) in [6, 6.07) is 7.46. The van der Waals surface area contributed by atoms with Crippen LogP contribution in [0.4, 0.5) is 0 Å². The van der Waals surface area contributed by atoms with Gasteiger partial charge in [0.2, 0.25) is 0 Å². The van der Waals surface area contributed by atoms with E-state index >= 15 is 0 Å². The number of nitrogens with zero attached hydrogens (tertiary/aromatic N) is 1. The molecule has 4 heteroatoms. The van der Waals surface area contributed by atoms with Gasteiger partial charge < -0.3 is 4.74 Å². The predicted octanol–water partition coefficient (Wildman–Crippen LogP) is 2.60. The van der Waals surface area contributed by atoms with Crippen LogP contribution in [-0.2, 0) is 4.74 Å². The van der Waals surface area contributed by atoms with E-state index in [2.05, 4.69) is 15.9 Å². The first-order valence-electron chi connectivity index (χ1n) is 5.59. The number of carbonyl (C=O) groups excluding carboxylic acids is 1. The molecule has 3 nitrogen and oxygen atoms in total. The summed E-state index contributed by atoms with van der Waals surface area (Å²) in [7, 11) is 3.64. The van der Waals surface area contributed by atoms with E-state index in [1.807, 2.05) is 36.2 Å². The van der Waals surface area contributed by atoms with Crippen molar-refractivity contribution >= 4 is 21.7 Å². The van der Waals surface area contributed by atoms with E-state index in [1.54, 1.807) is 7.11 Å². The molecular weight excluding hydrogens is 282 g/mol. The van der Waals surface area contributed by atoms with E-state index in [0.717, 1.165) is 29.6 Å². The van der Waals surface area contributed by atoms with Gasteiger partial charge in [-0.3, -0.25) is 9.69 Å². The third-order valence-electron chi connectivity index (χ3n) is 2.47. The molecule has 0 aromatic heterocycles. The highest BCUT2D eigenvalue weighted by Crippen LogP contribution is 2.11. The average Bonchev–Trinajstić information content (AvgIpc) is 2.30. The summed E-state index contributed by atoms with van der Waals surface area (Å²) in [5.74, 6) is 0.150. The summed E-state index contributed by atoms with van der Waals surface area (Å²) >= 11 is 3.35. The molecule has 0 aliphatic heterocycles. The van der Waals surface area contributed by atoms with Crippen LogP contribution in [0.15, 0.2) is 28.7 Å². The average molecular weight is 300 g/mol.